The van der Waals surface area contributed by atoms with E-state index in [2.05, 4.69) is 27.5 Å². The molecule has 244 valence electrons. The molecule has 3 amide bonds. The van der Waals surface area contributed by atoms with Gasteiger partial charge >= 0.3 is 8.25 Å². The molecule has 3 aromatic rings. The lowest BCUT2D eigenvalue weighted by molar-refractivity contribution is -0.244. The topological polar surface area (TPSA) is 151 Å². The van der Waals surface area contributed by atoms with Gasteiger partial charge in [-0.15, -0.1) is 0 Å². The summed E-state index contributed by atoms with van der Waals surface area (Å²) < 4.78 is 25.6. The average molecular weight is 653 g/mol. The van der Waals surface area contributed by atoms with Gasteiger partial charge in [-0.1, -0.05) is 36.4 Å². The van der Waals surface area contributed by atoms with Crippen molar-refractivity contribution >= 4 is 37.4 Å². The van der Waals surface area contributed by atoms with Gasteiger partial charge in [-0.25, -0.2) is 9.65 Å². The highest BCUT2D eigenvalue weighted by Gasteiger charge is 2.39. The third kappa shape index (κ3) is 8.90. The molecular formula is C33H38FN4O7P. The van der Waals surface area contributed by atoms with Crippen LogP contribution in [0.25, 0.3) is 0 Å². The van der Waals surface area contributed by atoms with Gasteiger partial charge < -0.3 is 25.3 Å². The van der Waals surface area contributed by atoms with Gasteiger partial charge in [-0.2, -0.15) is 0 Å². The summed E-state index contributed by atoms with van der Waals surface area (Å²) in [6, 6.07) is 20.4. The second kappa shape index (κ2) is 15.8. The smallest absolute Gasteiger partial charge is 0.521 e. The summed E-state index contributed by atoms with van der Waals surface area (Å²) in [5.74, 6) is -1.28. The number of nitrogens with zero attached hydrogens (tertiary/aromatic N) is 2. The third-order valence-corrected chi connectivity index (χ3v) is 8.12. The molecule has 0 saturated carbocycles. The molecule has 0 aromatic heterocycles. The number of benzene rings is 3. The van der Waals surface area contributed by atoms with Gasteiger partial charge in [0.1, 0.15) is 5.82 Å². The number of halogens is 1. The SMILES string of the molecule is CN(C)CCNC(=O)C1=C[C@@]2(CC1)CCN(C(=O)c1ccc(NC(=O)c3ccccc3F)cc1)c1ccccc1C2.O=[P+]([O-])OO.[HH]. The largest absolute Gasteiger partial charge is 0.565 e. The first kappa shape index (κ1) is 34.6. The van der Waals surface area contributed by atoms with Crippen LogP contribution in [0.5, 0.6) is 0 Å². The van der Waals surface area contributed by atoms with Crippen LogP contribution in [0.15, 0.2) is 84.4 Å². The highest BCUT2D eigenvalue weighted by molar-refractivity contribution is 7.30. The molecule has 46 heavy (non-hydrogen) atoms. The molecule has 13 heteroatoms. The van der Waals surface area contributed by atoms with E-state index in [9.17, 15) is 18.8 Å². The van der Waals surface area contributed by atoms with E-state index < -0.39 is 20.0 Å². The van der Waals surface area contributed by atoms with Crippen LogP contribution in [0.2, 0.25) is 0 Å². The van der Waals surface area contributed by atoms with Crippen LogP contribution in [0.3, 0.4) is 0 Å². The van der Waals surface area contributed by atoms with E-state index in [4.69, 9.17) is 14.7 Å². The molecule has 1 spiro atoms. The van der Waals surface area contributed by atoms with Crippen molar-refractivity contribution in [1.29, 1.82) is 0 Å². The predicted molar refractivity (Wildman–Crippen MR) is 172 cm³/mol. The molecule has 5 rings (SSSR count). The first-order valence-corrected chi connectivity index (χ1v) is 15.8. The van der Waals surface area contributed by atoms with E-state index in [0.717, 1.165) is 49.1 Å². The zero-order valence-corrected chi connectivity index (χ0v) is 26.5. The monoisotopic (exact) mass is 652 g/mol. The number of carbonyl (C=O) groups excluding carboxylic acids is 3. The standard InChI is InChI=1S/C33H35FN4O3.HO4P.H2/c1-37(2)20-18-35-30(39)25-15-16-33(22-25)17-19-38(29-10-6-3-7-24(29)21-33)32(41)23-11-13-26(14-12-23)36-31(40)27-8-4-5-9-28(27)34;1-4-5(2)3;/h3-14,22H,15-21H2,1-2H3,(H,35,39)(H,36,40);1H;1H/t33-;;/m0../s1. The molecule has 11 nitrogen and oxygen atoms in total. The summed E-state index contributed by atoms with van der Waals surface area (Å²) in [5.41, 5.74) is 3.52. The summed E-state index contributed by atoms with van der Waals surface area (Å²) in [7, 11) is 0.915. The van der Waals surface area contributed by atoms with E-state index in [-0.39, 0.29) is 24.2 Å². The van der Waals surface area contributed by atoms with Crippen molar-refractivity contribution in [2.45, 2.75) is 25.7 Å². The number of likely N-dealkylation sites (N-methyl/N-ethyl adjacent to an activating group) is 1. The summed E-state index contributed by atoms with van der Waals surface area (Å²) in [6.07, 6.45) is 5.26. The van der Waals surface area contributed by atoms with Crippen molar-refractivity contribution < 1.29 is 39.6 Å². The van der Waals surface area contributed by atoms with E-state index >= 15 is 0 Å². The minimum atomic E-state index is -3.04. The molecule has 1 aliphatic carbocycles. The fraction of sp³-hybridized carbons (Fsp3) is 0.303. The Balaban J connectivity index is 0.000000930. The maximum absolute atomic E-state index is 14.0. The van der Waals surface area contributed by atoms with Crippen LogP contribution < -0.4 is 20.4 Å². The highest BCUT2D eigenvalue weighted by atomic mass is 31.1. The normalized spacial score (nSPS) is 17.3. The van der Waals surface area contributed by atoms with Crippen LogP contribution >= 0.6 is 8.25 Å². The molecule has 0 radical (unpaired) electrons. The Bertz CT molecular complexity index is 1620. The number of rotatable bonds is 8. The molecule has 2 aliphatic rings. The number of hydrogen-bond donors (Lipinski definition) is 3. The first-order chi connectivity index (χ1) is 22.0. The van der Waals surface area contributed by atoms with Gasteiger partial charge in [0.05, 0.1) is 5.56 Å². The van der Waals surface area contributed by atoms with Crippen molar-refractivity contribution in [3.05, 3.63) is 107 Å². The number of hydrogen-bond acceptors (Lipinski definition) is 8. The first-order valence-electron chi connectivity index (χ1n) is 14.7. The molecule has 0 fully saturated rings. The Morgan fingerprint density at radius 1 is 1.04 bits per heavy atom. The molecular weight excluding hydrogens is 614 g/mol. The van der Waals surface area contributed by atoms with Crippen molar-refractivity contribution in [2.75, 3.05) is 43.9 Å². The molecule has 0 saturated heterocycles. The molecule has 1 aliphatic heterocycles. The minimum Gasteiger partial charge on any atom is -0.565 e. The van der Waals surface area contributed by atoms with E-state index in [1.54, 1.807) is 30.3 Å². The van der Waals surface area contributed by atoms with Gasteiger partial charge in [-0.3, -0.25) is 14.4 Å². The number of carbonyl (C=O) groups is 3. The number of anilines is 2. The third-order valence-electron chi connectivity index (χ3n) is 7.99. The Hall–Kier alpha value is -4.32. The summed E-state index contributed by atoms with van der Waals surface area (Å²) in [6.45, 7) is 1.91. The summed E-state index contributed by atoms with van der Waals surface area (Å²) >= 11 is 0. The van der Waals surface area contributed by atoms with Crippen LogP contribution in [0.1, 0.15) is 47.0 Å². The van der Waals surface area contributed by atoms with E-state index in [1.807, 2.05) is 42.1 Å². The summed E-state index contributed by atoms with van der Waals surface area (Å²) in [5, 5.41) is 12.8. The van der Waals surface area contributed by atoms with Gasteiger partial charge in [0.2, 0.25) is 5.91 Å². The Morgan fingerprint density at radius 2 is 1.72 bits per heavy atom. The minimum absolute atomic E-state index is 0. The second-order valence-corrected chi connectivity index (χ2v) is 12.0. The quantitative estimate of drug-likeness (QED) is 0.179. The van der Waals surface area contributed by atoms with Gasteiger partial charge in [0.15, 0.2) is 0 Å². The number of fused-ring (bicyclic) bond motifs is 1. The van der Waals surface area contributed by atoms with E-state index in [1.165, 1.54) is 18.2 Å². The highest BCUT2D eigenvalue weighted by Crippen LogP contribution is 2.46. The zero-order chi connectivity index (χ0) is 33.3. The maximum atomic E-state index is 14.0. The molecule has 3 aromatic carbocycles. The number of allylic oxidation sites excluding steroid dienone is 1. The van der Waals surface area contributed by atoms with Crippen molar-refractivity contribution in [1.82, 2.24) is 10.2 Å². The summed E-state index contributed by atoms with van der Waals surface area (Å²) in [4.78, 5) is 51.9. The molecule has 0 bridgehead atoms. The molecule has 3 N–H and O–H groups in total. The van der Waals surface area contributed by atoms with Crippen LogP contribution in [-0.4, -0.2) is 61.6 Å². The fourth-order valence-electron chi connectivity index (χ4n) is 5.67. The number of nitrogens with one attached hydrogen (secondary N) is 2. The Labute approximate surface area is 269 Å². The van der Waals surface area contributed by atoms with Crippen LogP contribution in [-0.2, 0) is 20.5 Å². The van der Waals surface area contributed by atoms with Gasteiger partial charge in [0, 0.05) is 48.2 Å². The van der Waals surface area contributed by atoms with Crippen molar-refractivity contribution in [3.8, 4) is 0 Å². The van der Waals surface area contributed by atoms with Crippen LogP contribution in [0.4, 0.5) is 15.8 Å². The van der Waals surface area contributed by atoms with E-state index in [0.29, 0.717) is 24.3 Å². The number of para-hydroxylation sites is 1. The van der Waals surface area contributed by atoms with Gasteiger partial charge in [-0.05, 0) is 97.8 Å². The molecule has 1 unspecified atom stereocenters. The maximum Gasteiger partial charge on any atom is 0.521 e. The second-order valence-electron chi connectivity index (χ2n) is 11.4. The Kier molecular flexibility index (Phi) is 11.9. The van der Waals surface area contributed by atoms with Crippen molar-refractivity contribution in [3.63, 3.8) is 0 Å². The van der Waals surface area contributed by atoms with Crippen molar-refractivity contribution in [2.24, 2.45) is 5.41 Å². The lowest BCUT2D eigenvalue weighted by Crippen LogP contribution is -2.33. The fourth-order valence-corrected chi connectivity index (χ4v) is 5.67. The average Bonchev–Trinajstić information content (AvgIpc) is 3.38. The molecule has 2 atom stereocenters. The van der Waals surface area contributed by atoms with Gasteiger partial charge in [0.25, 0.3) is 11.8 Å². The zero-order valence-electron chi connectivity index (χ0n) is 25.6. The molecule has 1 heterocycles. The van der Waals surface area contributed by atoms with Crippen LogP contribution in [0, 0.1) is 11.2 Å². The Morgan fingerprint density at radius 3 is 2.39 bits per heavy atom. The lowest BCUT2D eigenvalue weighted by Gasteiger charge is -2.26. The number of amides is 3. The predicted octanol–water partition coefficient (Wildman–Crippen LogP) is 4.80. The lowest BCUT2D eigenvalue weighted by atomic mass is 9.79.